The molecule has 1 fully saturated rings. The lowest BCUT2D eigenvalue weighted by molar-refractivity contribution is 0.295. The monoisotopic (exact) mass is 248 g/mol. The van der Waals surface area contributed by atoms with Crippen LogP contribution in [0.1, 0.15) is 0 Å². The molecule has 0 N–H and O–H groups in total. The molecule has 0 aliphatic carbocycles. The maximum Gasteiger partial charge on any atom is 0.300 e. The predicted octanol–water partition coefficient (Wildman–Crippen LogP) is -0.532. The lowest BCUT2D eigenvalue weighted by atomic mass is 11.9. The molecule has 0 aromatic heterocycles. The van der Waals surface area contributed by atoms with E-state index in [9.17, 15) is 0 Å². The van der Waals surface area contributed by atoms with Gasteiger partial charge in [-0.05, 0) is 26.2 Å². The number of rotatable bonds is 0. The van der Waals surface area contributed by atoms with Gasteiger partial charge >= 0.3 is 0 Å². The summed E-state index contributed by atoms with van der Waals surface area (Å²) < 4.78 is 52.3. The molecule has 12 heavy (non-hydrogen) atoms. The molecule has 1 aliphatic rings. The number of hydrogen-bond acceptors (Lipinski definition) is 4. The highest BCUT2D eigenvalue weighted by atomic mass is 28.5. The smallest absolute Gasteiger partial charge is 0.300 e. The molecule has 0 radical (unpaired) electrons. The Kier molecular flexibility index (Phi) is 2.50. The van der Waals surface area contributed by atoms with Gasteiger partial charge in [0.1, 0.15) is 0 Å². The van der Waals surface area contributed by atoms with Crippen LogP contribution in [-0.4, -0.2) is 41.8 Å². The van der Waals surface area contributed by atoms with Crippen LogP contribution >= 0.6 is 0 Å². The molecule has 0 aromatic rings. The summed E-state index contributed by atoms with van der Waals surface area (Å²) in [4.78, 5) is 0. The van der Waals surface area contributed by atoms with E-state index in [1.54, 1.807) is 0 Å². The van der Waals surface area contributed by atoms with Gasteiger partial charge in [0.2, 0.25) is 0 Å². The second-order valence-corrected chi connectivity index (χ2v) is 9.57. The lowest BCUT2D eigenvalue weighted by Crippen LogP contribution is -2.44. The standard InChI is InChI=1S/C4H16O4Si4/c1-9-5-10(2)7-12(4)8-11(3)6-9/h9-12H,1-4H3/i9T,10T,11T,12T. The Bertz CT molecular complexity index is 213. The molecular weight excluding hydrogens is 224 g/mol. The average molecular weight is 249 g/mol. The fraction of sp³-hybridized carbons (Fsp3) is 1.00. The van der Waals surface area contributed by atoms with Crippen LogP contribution in [-0.2, 0) is 16.5 Å². The second kappa shape index (κ2) is 4.81. The first-order chi connectivity index (χ1) is 6.83. The van der Waals surface area contributed by atoms with E-state index in [4.69, 9.17) is 21.4 Å². The third-order valence-electron chi connectivity index (χ3n) is 1.15. The van der Waals surface area contributed by atoms with E-state index in [1.807, 2.05) is 0 Å². The fourth-order valence-electron chi connectivity index (χ4n) is 0.893. The minimum absolute atomic E-state index is 1.44. The third-order valence-corrected chi connectivity index (χ3v) is 10.3. The van der Waals surface area contributed by atoms with E-state index < -0.39 is 36.9 Å². The van der Waals surface area contributed by atoms with Crippen molar-refractivity contribution in [1.82, 2.24) is 0 Å². The highest BCUT2D eigenvalue weighted by molar-refractivity contribution is 6.72. The first-order valence-corrected chi connectivity index (χ1v) is 10.9. The quantitative estimate of drug-likeness (QED) is 0.540. The first-order valence-electron chi connectivity index (χ1n) is 5.63. The summed E-state index contributed by atoms with van der Waals surface area (Å²) in [6, 6.07) is 0. The SMILES string of the molecule is [3H][Si]1(C)O[Si]([3H])(C)O[Si]([3H])(C)O[Si]([3H])(C)O1. The first kappa shape index (κ1) is 6.24. The normalized spacial score (nSPS) is 74.3. The van der Waals surface area contributed by atoms with E-state index in [0.29, 0.717) is 0 Å². The van der Waals surface area contributed by atoms with Crippen LogP contribution in [0.4, 0.5) is 0 Å². The van der Waals surface area contributed by atoms with Crippen LogP contribution in [0.15, 0.2) is 0 Å². The van der Waals surface area contributed by atoms with E-state index in [1.165, 1.54) is 26.2 Å². The Morgan fingerprint density at radius 3 is 1.00 bits per heavy atom. The van der Waals surface area contributed by atoms with Crippen molar-refractivity contribution in [2.45, 2.75) is 26.2 Å². The summed E-state index contributed by atoms with van der Waals surface area (Å²) in [5.41, 5.74) is 0. The van der Waals surface area contributed by atoms with E-state index in [-0.39, 0.29) is 0 Å². The molecule has 4 nitrogen and oxygen atoms in total. The molecular formula is C4H16O4Si4. The summed E-state index contributed by atoms with van der Waals surface area (Å²) in [6.45, 7) is 5.75. The maximum atomic E-state index is 7.82. The molecule has 8 heteroatoms. The molecule has 0 amide bonds. The lowest BCUT2D eigenvalue weighted by Gasteiger charge is -2.28. The van der Waals surface area contributed by atoms with Crippen LogP contribution in [0.2, 0.25) is 26.2 Å². The maximum absolute atomic E-state index is 7.82. The molecule has 1 heterocycles. The molecule has 0 unspecified atom stereocenters. The molecule has 0 bridgehead atoms. The zero-order valence-corrected chi connectivity index (χ0v) is 11.6. The van der Waals surface area contributed by atoms with Gasteiger partial charge in [0.15, 0.2) is 0 Å². The number of hydrogen-bond donors (Lipinski definition) is 0. The topological polar surface area (TPSA) is 36.9 Å². The van der Waals surface area contributed by atoms with Gasteiger partial charge in [-0.15, -0.1) is 0 Å². The van der Waals surface area contributed by atoms with E-state index in [0.717, 1.165) is 0 Å². The third kappa shape index (κ3) is 3.61. The average Bonchev–Trinajstić information content (AvgIpc) is 1.67. The summed E-state index contributed by atoms with van der Waals surface area (Å²) in [7, 11) is -13.3. The highest BCUT2D eigenvalue weighted by Crippen LogP contribution is 2.06. The van der Waals surface area contributed by atoms with Crippen molar-refractivity contribution in [2.24, 2.45) is 0 Å². The van der Waals surface area contributed by atoms with Crippen molar-refractivity contribution in [3.05, 3.63) is 0 Å². The Labute approximate surface area is 85.1 Å². The Morgan fingerprint density at radius 2 is 0.833 bits per heavy atom. The van der Waals surface area contributed by atoms with Crippen molar-refractivity contribution in [2.75, 3.05) is 0 Å². The largest absolute Gasteiger partial charge is 0.420 e. The predicted molar refractivity (Wildman–Crippen MR) is 56.4 cm³/mol. The Balaban J connectivity index is 2.98. The van der Waals surface area contributed by atoms with Crippen LogP contribution in [0.25, 0.3) is 0 Å². The Morgan fingerprint density at radius 1 is 0.667 bits per heavy atom. The van der Waals surface area contributed by atoms with Gasteiger partial charge in [0, 0.05) is 0 Å². The summed E-state index contributed by atoms with van der Waals surface area (Å²) in [5, 5.41) is 0. The van der Waals surface area contributed by atoms with Crippen molar-refractivity contribution in [1.29, 1.82) is 4.94 Å². The van der Waals surface area contributed by atoms with Crippen molar-refractivity contribution < 1.29 is 16.5 Å². The van der Waals surface area contributed by atoms with Gasteiger partial charge < -0.3 is 16.5 Å². The molecule has 0 atom stereocenters. The van der Waals surface area contributed by atoms with Gasteiger partial charge in [-0.3, -0.25) is 0 Å². The van der Waals surface area contributed by atoms with Crippen LogP contribution in [0.5, 0.6) is 0 Å². The van der Waals surface area contributed by atoms with E-state index >= 15 is 0 Å². The molecule has 0 saturated carbocycles. The van der Waals surface area contributed by atoms with Crippen molar-refractivity contribution in [3.63, 3.8) is 0 Å². The summed E-state index contributed by atoms with van der Waals surface area (Å²) >= 11 is 0. The molecule has 1 rings (SSSR count). The molecule has 72 valence electrons. The van der Waals surface area contributed by atoms with Gasteiger partial charge in [-0.1, -0.05) is 0 Å². The fourth-order valence-corrected chi connectivity index (χ4v) is 9.54. The summed E-state index contributed by atoms with van der Waals surface area (Å²) in [6.07, 6.45) is 0. The zero-order valence-electron chi connectivity index (χ0n) is 11.6. The van der Waals surface area contributed by atoms with Crippen LogP contribution < -0.4 is 0 Å². The van der Waals surface area contributed by atoms with Gasteiger partial charge in [0.05, 0.1) is 4.94 Å². The minimum Gasteiger partial charge on any atom is -0.420 e. The summed E-state index contributed by atoms with van der Waals surface area (Å²) in [5.74, 6) is 0. The van der Waals surface area contributed by atoms with Crippen LogP contribution in [0.3, 0.4) is 0 Å². The highest BCUT2D eigenvalue weighted by Gasteiger charge is 2.25. The van der Waals surface area contributed by atoms with Gasteiger partial charge in [-0.25, -0.2) is 0 Å². The van der Waals surface area contributed by atoms with Gasteiger partial charge in [0.25, 0.3) is 36.9 Å². The molecule has 0 aromatic carbocycles. The Hall–Kier alpha value is 0.708. The van der Waals surface area contributed by atoms with Crippen molar-refractivity contribution >= 4 is 36.9 Å². The zero-order chi connectivity index (χ0) is 12.8. The van der Waals surface area contributed by atoms with Gasteiger partial charge in [-0.2, -0.15) is 0 Å². The second-order valence-electron chi connectivity index (χ2n) is 2.37. The minimum atomic E-state index is -3.32. The molecule has 0 spiro atoms. The van der Waals surface area contributed by atoms with Crippen LogP contribution in [0, 0.1) is 0 Å². The van der Waals surface area contributed by atoms with Crippen molar-refractivity contribution in [3.8, 4) is 0 Å². The van der Waals surface area contributed by atoms with E-state index in [2.05, 4.69) is 0 Å². The molecule has 1 saturated heterocycles. The molecule has 1 aliphatic heterocycles.